The first kappa shape index (κ1) is 16.6. The zero-order valence-electron chi connectivity index (χ0n) is 12.8. The highest BCUT2D eigenvalue weighted by Gasteiger charge is 2.25. The quantitative estimate of drug-likeness (QED) is 0.806. The molecule has 9 heteroatoms. The second-order valence-electron chi connectivity index (χ2n) is 5.51. The summed E-state index contributed by atoms with van der Waals surface area (Å²) in [5.74, 6) is -0.0304. The summed E-state index contributed by atoms with van der Waals surface area (Å²) in [6.07, 6.45) is 0.799. The van der Waals surface area contributed by atoms with Crippen LogP contribution in [0.4, 0.5) is 5.82 Å². The van der Waals surface area contributed by atoms with Crippen LogP contribution in [-0.4, -0.2) is 83.5 Å². The number of likely N-dealkylation sites (N-methyl/N-ethyl adjacent to an activating group) is 1. The molecule has 2 heterocycles. The molecule has 22 heavy (non-hydrogen) atoms. The standard InChI is InChI=1S/C13H21ClN6O2/c1-18(2)9(21)8-19-4-3-5-20(7-6-19)13(22)11-10(14)12(15)17-16-11/h3-8H2,1-2H3,(H3,15,16,17). The highest BCUT2D eigenvalue weighted by Crippen LogP contribution is 2.21. The average molecular weight is 329 g/mol. The van der Waals surface area contributed by atoms with Crippen molar-refractivity contribution in [3.05, 3.63) is 10.7 Å². The van der Waals surface area contributed by atoms with Gasteiger partial charge in [-0.05, 0) is 6.42 Å². The largest absolute Gasteiger partial charge is 0.381 e. The molecular formula is C13H21ClN6O2. The lowest BCUT2D eigenvalue weighted by molar-refractivity contribution is -0.129. The molecular weight excluding hydrogens is 308 g/mol. The number of aromatic amines is 1. The summed E-state index contributed by atoms with van der Waals surface area (Å²) in [4.78, 5) is 29.5. The molecule has 0 saturated carbocycles. The van der Waals surface area contributed by atoms with E-state index in [1.807, 2.05) is 0 Å². The van der Waals surface area contributed by atoms with E-state index in [2.05, 4.69) is 15.1 Å². The van der Waals surface area contributed by atoms with Gasteiger partial charge in [0, 0.05) is 40.3 Å². The van der Waals surface area contributed by atoms with E-state index in [-0.39, 0.29) is 28.3 Å². The number of rotatable bonds is 3. The van der Waals surface area contributed by atoms with E-state index in [9.17, 15) is 9.59 Å². The minimum absolute atomic E-state index is 0.0594. The van der Waals surface area contributed by atoms with Crippen LogP contribution in [0.25, 0.3) is 0 Å². The van der Waals surface area contributed by atoms with Gasteiger partial charge in [0.05, 0.1) is 6.54 Å². The lowest BCUT2D eigenvalue weighted by atomic mass is 10.3. The molecule has 0 unspecified atom stereocenters. The molecule has 3 N–H and O–H groups in total. The number of anilines is 1. The van der Waals surface area contributed by atoms with Crippen LogP contribution in [0.3, 0.4) is 0 Å². The summed E-state index contributed by atoms with van der Waals surface area (Å²) >= 11 is 5.97. The fourth-order valence-electron chi connectivity index (χ4n) is 2.31. The SMILES string of the molecule is CN(C)C(=O)CN1CCCN(C(=O)c2[nH]nc(N)c2Cl)CC1. The summed E-state index contributed by atoms with van der Waals surface area (Å²) in [5, 5.41) is 6.48. The molecule has 0 spiro atoms. The number of H-pyrrole nitrogens is 1. The van der Waals surface area contributed by atoms with E-state index in [0.29, 0.717) is 26.2 Å². The van der Waals surface area contributed by atoms with Gasteiger partial charge >= 0.3 is 0 Å². The maximum absolute atomic E-state index is 12.4. The Morgan fingerprint density at radius 1 is 1.32 bits per heavy atom. The number of hydrogen-bond donors (Lipinski definition) is 2. The molecule has 2 amide bonds. The third-order valence-corrected chi connectivity index (χ3v) is 4.06. The normalized spacial score (nSPS) is 16.4. The van der Waals surface area contributed by atoms with Crippen molar-refractivity contribution in [3.8, 4) is 0 Å². The van der Waals surface area contributed by atoms with Crippen molar-refractivity contribution >= 4 is 29.2 Å². The number of nitrogens with zero attached hydrogens (tertiary/aromatic N) is 4. The second kappa shape index (κ2) is 6.97. The molecule has 0 aromatic carbocycles. The first-order chi connectivity index (χ1) is 10.4. The number of hydrogen-bond acceptors (Lipinski definition) is 5. The predicted molar refractivity (Wildman–Crippen MR) is 83.7 cm³/mol. The molecule has 0 atom stereocenters. The molecule has 1 fully saturated rings. The third-order valence-electron chi connectivity index (χ3n) is 3.68. The molecule has 0 aliphatic carbocycles. The van der Waals surface area contributed by atoms with Gasteiger partial charge in [-0.1, -0.05) is 11.6 Å². The molecule has 1 saturated heterocycles. The Labute approximate surface area is 134 Å². The number of carbonyl (C=O) groups excluding carboxylic acids is 2. The number of halogens is 1. The first-order valence-corrected chi connectivity index (χ1v) is 7.49. The Balaban J connectivity index is 1.97. The molecule has 2 rings (SSSR count). The zero-order chi connectivity index (χ0) is 16.3. The molecule has 0 radical (unpaired) electrons. The molecule has 1 aliphatic rings. The van der Waals surface area contributed by atoms with Crippen LogP contribution in [0.1, 0.15) is 16.9 Å². The van der Waals surface area contributed by atoms with Gasteiger partial charge in [0.2, 0.25) is 5.91 Å². The first-order valence-electron chi connectivity index (χ1n) is 7.11. The van der Waals surface area contributed by atoms with Gasteiger partial charge in [0.25, 0.3) is 5.91 Å². The average Bonchev–Trinajstić information content (AvgIpc) is 2.68. The summed E-state index contributed by atoms with van der Waals surface area (Å²) in [5.41, 5.74) is 5.77. The van der Waals surface area contributed by atoms with E-state index in [1.54, 1.807) is 23.9 Å². The maximum Gasteiger partial charge on any atom is 0.273 e. The molecule has 122 valence electrons. The van der Waals surface area contributed by atoms with Crippen LogP contribution >= 0.6 is 11.6 Å². The number of aromatic nitrogens is 2. The predicted octanol–water partition coefficient (Wildman–Crippen LogP) is -0.119. The highest BCUT2D eigenvalue weighted by molar-refractivity contribution is 6.35. The van der Waals surface area contributed by atoms with Gasteiger partial charge in [0.1, 0.15) is 10.7 Å². The van der Waals surface area contributed by atoms with Crippen molar-refractivity contribution in [3.63, 3.8) is 0 Å². The molecule has 1 aliphatic heterocycles. The second-order valence-corrected chi connectivity index (χ2v) is 5.89. The van der Waals surface area contributed by atoms with E-state index >= 15 is 0 Å². The summed E-state index contributed by atoms with van der Waals surface area (Å²) in [7, 11) is 3.47. The van der Waals surface area contributed by atoms with Crippen LogP contribution in [-0.2, 0) is 4.79 Å². The van der Waals surface area contributed by atoms with Gasteiger partial charge in [-0.2, -0.15) is 5.10 Å². The Hall–Kier alpha value is -1.80. The Morgan fingerprint density at radius 3 is 2.64 bits per heavy atom. The topological polar surface area (TPSA) is 98.6 Å². The lowest BCUT2D eigenvalue weighted by Gasteiger charge is -2.22. The highest BCUT2D eigenvalue weighted by atomic mass is 35.5. The van der Waals surface area contributed by atoms with Crippen molar-refractivity contribution < 1.29 is 9.59 Å². The van der Waals surface area contributed by atoms with Crippen molar-refractivity contribution in [2.75, 3.05) is 52.6 Å². The Bertz CT molecular complexity index is 559. The number of nitrogens with two attached hydrogens (primary N) is 1. The Kier molecular flexibility index (Phi) is 5.25. The van der Waals surface area contributed by atoms with E-state index in [1.165, 1.54) is 0 Å². The van der Waals surface area contributed by atoms with Gasteiger partial charge in [0.15, 0.2) is 5.82 Å². The molecule has 0 bridgehead atoms. The molecule has 8 nitrogen and oxygen atoms in total. The monoisotopic (exact) mass is 328 g/mol. The van der Waals surface area contributed by atoms with Crippen LogP contribution in [0.5, 0.6) is 0 Å². The Morgan fingerprint density at radius 2 is 2.05 bits per heavy atom. The number of amides is 2. The fourth-order valence-corrected chi connectivity index (χ4v) is 2.47. The number of carbonyl (C=O) groups is 2. The minimum atomic E-state index is -0.213. The van der Waals surface area contributed by atoms with Gasteiger partial charge in [-0.15, -0.1) is 0 Å². The van der Waals surface area contributed by atoms with Crippen LogP contribution in [0, 0.1) is 0 Å². The number of nitrogens with one attached hydrogen (secondary N) is 1. The van der Waals surface area contributed by atoms with Gasteiger partial charge in [-0.25, -0.2) is 0 Å². The van der Waals surface area contributed by atoms with E-state index < -0.39 is 0 Å². The van der Waals surface area contributed by atoms with Crippen molar-refractivity contribution in [1.29, 1.82) is 0 Å². The fraction of sp³-hybridized carbons (Fsp3) is 0.615. The van der Waals surface area contributed by atoms with Gasteiger partial charge in [-0.3, -0.25) is 19.6 Å². The smallest absolute Gasteiger partial charge is 0.273 e. The maximum atomic E-state index is 12.4. The lowest BCUT2D eigenvalue weighted by Crippen LogP contribution is -2.39. The molecule has 1 aromatic rings. The minimum Gasteiger partial charge on any atom is -0.381 e. The van der Waals surface area contributed by atoms with Crippen molar-refractivity contribution in [2.45, 2.75) is 6.42 Å². The molecule has 1 aromatic heterocycles. The van der Waals surface area contributed by atoms with Crippen LogP contribution in [0.15, 0.2) is 0 Å². The zero-order valence-corrected chi connectivity index (χ0v) is 13.6. The van der Waals surface area contributed by atoms with Crippen molar-refractivity contribution in [1.82, 2.24) is 24.9 Å². The van der Waals surface area contributed by atoms with E-state index in [0.717, 1.165) is 13.0 Å². The van der Waals surface area contributed by atoms with Crippen molar-refractivity contribution in [2.24, 2.45) is 0 Å². The summed E-state index contributed by atoms with van der Waals surface area (Å²) in [6.45, 7) is 2.94. The van der Waals surface area contributed by atoms with Gasteiger partial charge < -0.3 is 15.5 Å². The summed E-state index contributed by atoms with van der Waals surface area (Å²) in [6, 6.07) is 0. The number of nitrogen functional groups attached to an aromatic ring is 1. The summed E-state index contributed by atoms with van der Waals surface area (Å²) < 4.78 is 0. The van der Waals surface area contributed by atoms with E-state index in [4.69, 9.17) is 17.3 Å². The van der Waals surface area contributed by atoms with Crippen LogP contribution < -0.4 is 5.73 Å². The van der Waals surface area contributed by atoms with Crippen LogP contribution in [0.2, 0.25) is 5.02 Å². The third kappa shape index (κ3) is 3.69.